The number of rotatable bonds is 13. The number of aliphatic hydroxyl groups is 1. The third-order valence-corrected chi connectivity index (χ3v) is 3.15. The Labute approximate surface area is 121 Å². The molecule has 0 rings (SSSR count). The van der Waals surface area contributed by atoms with Crippen LogP contribution in [0.25, 0.3) is 0 Å². The maximum atomic E-state index is 11.4. The van der Waals surface area contributed by atoms with Crippen molar-refractivity contribution in [2.24, 2.45) is 5.92 Å². The summed E-state index contributed by atoms with van der Waals surface area (Å²) < 4.78 is 5.15. The monoisotopic (exact) mass is 287 g/mol. The number of unbranched alkanes of at least 4 members (excludes halogenated alkanes) is 4. The van der Waals surface area contributed by atoms with Gasteiger partial charge in [-0.1, -0.05) is 26.2 Å². The quantitative estimate of drug-likeness (QED) is 0.409. The molecule has 0 heterocycles. The van der Waals surface area contributed by atoms with Crippen molar-refractivity contribution in [3.05, 3.63) is 0 Å². The lowest BCUT2D eigenvalue weighted by Crippen LogP contribution is -2.21. The van der Waals surface area contributed by atoms with Gasteiger partial charge in [0.1, 0.15) is 0 Å². The predicted octanol–water partition coefficient (Wildman–Crippen LogP) is 1.42. The Bertz CT molecular complexity index is 265. The number of aliphatic hydroxyl groups excluding tert-OH is 1. The minimum Gasteiger partial charge on any atom is -0.550 e. The van der Waals surface area contributed by atoms with Crippen LogP contribution in [0.2, 0.25) is 0 Å². The van der Waals surface area contributed by atoms with Crippen molar-refractivity contribution in [2.45, 2.75) is 64.7 Å². The second-order valence-electron chi connectivity index (χ2n) is 5.29. The molecule has 0 spiro atoms. The van der Waals surface area contributed by atoms with E-state index < -0.39 is 5.97 Å². The molecule has 0 radical (unpaired) electrons. The van der Waals surface area contributed by atoms with E-state index in [0.29, 0.717) is 25.4 Å². The van der Waals surface area contributed by atoms with Crippen LogP contribution in [0, 0.1) is 5.92 Å². The summed E-state index contributed by atoms with van der Waals surface area (Å²) in [5, 5.41) is 18.8. The van der Waals surface area contributed by atoms with Crippen LogP contribution >= 0.6 is 0 Å². The fourth-order valence-corrected chi connectivity index (χ4v) is 1.89. The molecule has 0 aliphatic heterocycles. The summed E-state index contributed by atoms with van der Waals surface area (Å²) in [6.07, 6.45) is 6.36. The van der Waals surface area contributed by atoms with Gasteiger partial charge in [0, 0.05) is 19.0 Å². The van der Waals surface area contributed by atoms with Gasteiger partial charge in [-0.2, -0.15) is 0 Å². The first-order valence-electron chi connectivity index (χ1n) is 7.52. The maximum absolute atomic E-state index is 11.4. The molecule has 0 aliphatic carbocycles. The summed E-state index contributed by atoms with van der Waals surface area (Å²) in [6, 6.07) is 0. The van der Waals surface area contributed by atoms with Crippen molar-refractivity contribution in [3.8, 4) is 0 Å². The van der Waals surface area contributed by atoms with E-state index in [4.69, 9.17) is 9.84 Å². The SMILES string of the molecule is CC(CCCCCCO)COC(=O)CCCCC(=O)[O-]. The average Bonchev–Trinajstić information content (AvgIpc) is 2.41. The first kappa shape index (κ1) is 18.9. The lowest BCUT2D eigenvalue weighted by Gasteiger charge is -2.12. The molecule has 0 bridgehead atoms. The minimum absolute atomic E-state index is 0.00246. The molecule has 0 amide bonds. The molecule has 0 fully saturated rings. The summed E-state index contributed by atoms with van der Waals surface area (Å²) >= 11 is 0. The minimum atomic E-state index is -1.08. The van der Waals surface area contributed by atoms with Crippen LogP contribution < -0.4 is 5.11 Å². The topological polar surface area (TPSA) is 86.7 Å². The molecule has 20 heavy (non-hydrogen) atoms. The Morgan fingerprint density at radius 2 is 1.70 bits per heavy atom. The number of carbonyl (C=O) groups is 2. The molecule has 1 unspecified atom stereocenters. The number of hydrogen-bond donors (Lipinski definition) is 1. The molecular weight excluding hydrogens is 260 g/mol. The van der Waals surface area contributed by atoms with E-state index in [9.17, 15) is 14.7 Å². The number of esters is 1. The summed E-state index contributed by atoms with van der Waals surface area (Å²) in [6.45, 7) is 2.74. The Morgan fingerprint density at radius 1 is 1.05 bits per heavy atom. The molecule has 5 heteroatoms. The second kappa shape index (κ2) is 12.9. The number of ether oxygens (including phenoxy) is 1. The summed E-state index contributed by atoms with van der Waals surface area (Å²) in [7, 11) is 0. The zero-order valence-corrected chi connectivity index (χ0v) is 12.4. The van der Waals surface area contributed by atoms with Gasteiger partial charge >= 0.3 is 5.97 Å². The zero-order valence-electron chi connectivity index (χ0n) is 12.4. The number of hydrogen-bond acceptors (Lipinski definition) is 5. The molecule has 0 aromatic rings. The first-order chi connectivity index (χ1) is 9.56. The fraction of sp³-hybridized carbons (Fsp3) is 0.867. The van der Waals surface area contributed by atoms with Gasteiger partial charge in [0.25, 0.3) is 0 Å². The van der Waals surface area contributed by atoms with E-state index in [1.807, 2.05) is 0 Å². The van der Waals surface area contributed by atoms with Crippen LogP contribution in [0.4, 0.5) is 0 Å². The summed E-state index contributed by atoms with van der Waals surface area (Å²) in [5.41, 5.74) is 0. The standard InChI is InChI=1S/C15H28O5/c1-13(8-4-2-3-7-11-16)12-20-15(19)10-6-5-9-14(17)18/h13,16H,2-12H2,1H3,(H,17,18)/p-1. The highest BCUT2D eigenvalue weighted by Gasteiger charge is 2.07. The van der Waals surface area contributed by atoms with E-state index >= 15 is 0 Å². The second-order valence-corrected chi connectivity index (χ2v) is 5.29. The van der Waals surface area contributed by atoms with Crippen molar-refractivity contribution >= 4 is 11.9 Å². The van der Waals surface area contributed by atoms with Crippen molar-refractivity contribution in [1.29, 1.82) is 0 Å². The molecule has 1 atom stereocenters. The van der Waals surface area contributed by atoms with E-state index in [0.717, 1.165) is 32.1 Å². The lowest BCUT2D eigenvalue weighted by molar-refractivity contribution is -0.305. The average molecular weight is 287 g/mol. The highest BCUT2D eigenvalue weighted by molar-refractivity contribution is 5.69. The van der Waals surface area contributed by atoms with Crippen LogP contribution in [0.5, 0.6) is 0 Å². The smallest absolute Gasteiger partial charge is 0.305 e. The zero-order chi connectivity index (χ0) is 15.2. The number of aliphatic carboxylic acids is 1. The van der Waals surface area contributed by atoms with Crippen LogP contribution in [0.1, 0.15) is 64.7 Å². The first-order valence-corrected chi connectivity index (χ1v) is 7.52. The highest BCUT2D eigenvalue weighted by atomic mass is 16.5. The van der Waals surface area contributed by atoms with Crippen LogP contribution in [-0.4, -0.2) is 30.3 Å². The van der Waals surface area contributed by atoms with Gasteiger partial charge in [0.15, 0.2) is 0 Å². The molecule has 0 aliphatic rings. The van der Waals surface area contributed by atoms with E-state index in [1.165, 1.54) is 0 Å². The van der Waals surface area contributed by atoms with Gasteiger partial charge in [0.05, 0.1) is 6.61 Å². The van der Waals surface area contributed by atoms with E-state index in [-0.39, 0.29) is 25.4 Å². The normalized spacial score (nSPS) is 12.1. The predicted molar refractivity (Wildman–Crippen MR) is 73.8 cm³/mol. The molecular formula is C15H27O5-. The van der Waals surface area contributed by atoms with Gasteiger partial charge in [-0.05, 0) is 38.0 Å². The molecule has 0 aromatic carbocycles. The van der Waals surface area contributed by atoms with Crippen molar-refractivity contribution in [2.75, 3.05) is 13.2 Å². The largest absolute Gasteiger partial charge is 0.550 e. The van der Waals surface area contributed by atoms with Crippen molar-refractivity contribution in [1.82, 2.24) is 0 Å². The van der Waals surface area contributed by atoms with Gasteiger partial charge in [-0.15, -0.1) is 0 Å². The van der Waals surface area contributed by atoms with E-state index in [1.54, 1.807) is 0 Å². The lowest BCUT2D eigenvalue weighted by atomic mass is 10.0. The Kier molecular flexibility index (Phi) is 12.2. The van der Waals surface area contributed by atoms with Crippen LogP contribution in [0.3, 0.4) is 0 Å². The fourth-order valence-electron chi connectivity index (χ4n) is 1.89. The summed E-state index contributed by atoms with van der Waals surface area (Å²) in [4.78, 5) is 21.6. The van der Waals surface area contributed by atoms with Gasteiger partial charge in [0.2, 0.25) is 0 Å². The molecule has 0 aromatic heterocycles. The van der Waals surface area contributed by atoms with Crippen molar-refractivity contribution in [3.63, 3.8) is 0 Å². The third kappa shape index (κ3) is 13.3. The molecule has 1 N–H and O–H groups in total. The Morgan fingerprint density at radius 3 is 2.35 bits per heavy atom. The molecule has 5 nitrogen and oxygen atoms in total. The Balaban J connectivity index is 3.41. The van der Waals surface area contributed by atoms with Gasteiger partial charge in [-0.25, -0.2) is 0 Å². The summed E-state index contributed by atoms with van der Waals surface area (Å²) in [5.74, 6) is -0.986. The maximum Gasteiger partial charge on any atom is 0.305 e. The molecule has 0 saturated heterocycles. The Hall–Kier alpha value is -1.10. The van der Waals surface area contributed by atoms with Gasteiger partial charge < -0.3 is 19.7 Å². The highest BCUT2D eigenvalue weighted by Crippen LogP contribution is 2.11. The van der Waals surface area contributed by atoms with Crippen LogP contribution in [0.15, 0.2) is 0 Å². The van der Waals surface area contributed by atoms with Crippen LogP contribution in [-0.2, 0) is 14.3 Å². The number of carboxylic acids is 1. The third-order valence-electron chi connectivity index (χ3n) is 3.15. The van der Waals surface area contributed by atoms with E-state index in [2.05, 4.69) is 6.92 Å². The molecule has 118 valence electrons. The number of carboxylic acid groups (broad SMARTS) is 1. The molecule has 0 saturated carbocycles. The number of carbonyl (C=O) groups excluding carboxylic acids is 2. The van der Waals surface area contributed by atoms with Gasteiger partial charge in [-0.3, -0.25) is 4.79 Å². The van der Waals surface area contributed by atoms with Crippen molar-refractivity contribution < 1.29 is 24.5 Å².